The Balaban J connectivity index is 1.61. The van der Waals surface area contributed by atoms with Gasteiger partial charge in [0.05, 0.1) is 12.2 Å². The number of benzene rings is 1. The zero-order valence-corrected chi connectivity index (χ0v) is 23.6. The Hall–Kier alpha value is -4.04. The molecule has 0 fully saturated rings. The molecule has 0 saturated heterocycles. The number of Topliss-reactive ketones (excluding diaryl/α,β-unsaturated/α-hetero) is 1. The standard InChI is InChI=1S/C32H34O8/c1-7-18(2)13-14-23-15-22-16-25(33)32(5)27(24(22)17-38-23)26(30(35)40-32)28(34)19(3)20(4)39-31(36)29(37-6)21-11-9-8-10-12-21/h8-20,29H,7H2,1-6H3/b14-13+/t18-,19-,20+,29+,32+/m0/s1. The van der Waals surface area contributed by atoms with Crippen molar-refractivity contribution >= 4 is 23.5 Å². The van der Waals surface area contributed by atoms with Gasteiger partial charge in [-0.25, -0.2) is 9.59 Å². The van der Waals surface area contributed by atoms with Gasteiger partial charge in [0, 0.05) is 18.3 Å². The van der Waals surface area contributed by atoms with Crippen molar-refractivity contribution in [3.05, 3.63) is 94.5 Å². The molecular formula is C32H34O8. The smallest absolute Gasteiger partial charge is 0.343 e. The van der Waals surface area contributed by atoms with Crippen molar-refractivity contribution in [3.63, 3.8) is 0 Å². The molecule has 8 heteroatoms. The molecule has 40 heavy (non-hydrogen) atoms. The maximum atomic E-state index is 13.7. The first-order valence-corrected chi connectivity index (χ1v) is 13.4. The summed E-state index contributed by atoms with van der Waals surface area (Å²) >= 11 is 0. The molecule has 0 amide bonds. The number of rotatable bonds is 10. The van der Waals surface area contributed by atoms with Gasteiger partial charge in [0.25, 0.3) is 0 Å². The molecule has 0 bridgehead atoms. The van der Waals surface area contributed by atoms with Crippen molar-refractivity contribution in [1.29, 1.82) is 0 Å². The number of fused-ring (bicyclic) bond motifs is 3. The monoisotopic (exact) mass is 546 g/mol. The molecule has 1 aromatic carbocycles. The highest BCUT2D eigenvalue weighted by Gasteiger charge is 2.55. The van der Waals surface area contributed by atoms with Crippen LogP contribution in [-0.2, 0) is 38.1 Å². The van der Waals surface area contributed by atoms with Gasteiger partial charge >= 0.3 is 11.9 Å². The molecule has 2 aliphatic heterocycles. The Labute approximate surface area is 234 Å². The number of ether oxygens (including phenoxy) is 4. The van der Waals surface area contributed by atoms with Crippen molar-refractivity contribution in [3.8, 4) is 0 Å². The molecule has 0 radical (unpaired) electrons. The SMILES string of the molecule is CC[C@H](C)/C=C/C1=CC2=CC(=O)[C@@]3(C)OC(=O)C(C(=O)[C@@H](C)[C@@H](C)OC(=O)[C@H](OC)c4ccccc4)=C3C2=CO1. The summed E-state index contributed by atoms with van der Waals surface area (Å²) in [6.07, 6.45) is 7.46. The predicted octanol–water partition coefficient (Wildman–Crippen LogP) is 5.03. The van der Waals surface area contributed by atoms with Crippen LogP contribution in [-0.4, -0.2) is 42.3 Å². The van der Waals surface area contributed by atoms with E-state index < -0.39 is 47.2 Å². The van der Waals surface area contributed by atoms with Gasteiger partial charge in [0.2, 0.25) is 5.78 Å². The van der Waals surface area contributed by atoms with Gasteiger partial charge in [-0.15, -0.1) is 0 Å². The Morgan fingerprint density at radius 3 is 2.42 bits per heavy atom. The minimum absolute atomic E-state index is 0.163. The van der Waals surface area contributed by atoms with E-state index in [2.05, 4.69) is 13.8 Å². The van der Waals surface area contributed by atoms with Crippen LogP contribution in [0.25, 0.3) is 0 Å². The van der Waals surface area contributed by atoms with Gasteiger partial charge < -0.3 is 18.9 Å². The highest BCUT2D eigenvalue weighted by Crippen LogP contribution is 2.47. The van der Waals surface area contributed by atoms with Crippen molar-refractivity contribution < 1.29 is 38.1 Å². The van der Waals surface area contributed by atoms with E-state index in [1.54, 1.807) is 44.2 Å². The van der Waals surface area contributed by atoms with E-state index in [4.69, 9.17) is 18.9 Å². The lowest BCUT2D eigenvalue weighted by molar-refractivity contribution is -0.163. The van der Waals surface area contributed by atoms with E-state index in [0.717, 1.165) is 6.42 Å². The number of hydrogen-bond acceptors (Lipinski definition) is 8. The van der Waals surface area contributed by atoms with Crippen LogP contribution in [0.4, 0.5) is 0 Å². The van der Waals surface area contributed by atoms with Crippen molar-refractivity contribution in [2.24, 2.45) is 11.8 Å². The molecule has 4 rings (SSSR count). The van der Waals surface area contributed by atoms with Crippen LogP contribution in [0.15, 0.2) is 88.9 Å². The van der Waals surface area contributed by atoms with E-state index in [1.165, 1.54) is 26.4 Å². The number of allylic oxidation sites excluding steroid dienone is 4. The molecule has 1 aromatic rings. The topological polar surface area (TPSA) is 105 Å². The fraction of sp³-hybridized carbons (Fsp3) is 0.375. The van der Waals surface area contributed by atoms with Crippen molar-refractivity contribution in [1.82, 2.24) is 0 Å². The predicted molar refractivity (Wildman–Crippen MR) is 146 cm³/mol. The second-order valence-electron chi connectivity index (χ2n) is 10.4. The number of carbonyl (C=O) groups excluding carboxylic acids is 4. The number of ketones is 2. The molecule has 210 valence electrons. The second-order valence-corrected chi connectivity index (χ2v) is 10.4. The Morgan fingerprint density at radius 2 is 1.77 bits per heavy atom. The minimum atomic E-state index is -1.66. The normalized spacial score (nSPS) is 23.1. The van der Waals surface area contributed by atoms with E-state index in [0.29, 0.717) is 28.4 Å². The van der Waals surface area contributed by atoms with E-state index in [1.807, 2.05) is 18.2 Å². The summed E-state index contributed by atoms with van der Waals surface area (Å²) in [5.41, 5.74) is -0.184. The molecule has 3 aliphatic rings. The van der Waals surface area contributed by atoms with Gasteiger partial charge in [-0.1, -0.05) is 63.6 Å². The number of esters is 2. The summed E-state index contributed by atoms with van der Waals surface area (Å²) in [4.78, 5) is 52.9. The number of methoxy groups -OCH3 is 1. The quantitative estimate of drug-likeness (QED) is 0.297. The molecule has 8 nitrogen and oxygen atoms in total. The fourth-order valence-electron chi connectivity index (χ4n) is 4.75. The minimum Gasteiger partial charge on any atom is -0.464 e. The molecule has 0 spiro atoms. The molecule has 1 aliphatic carbocycles. The highest BCUT2D eigenvalue weighted by atomic mass is 16.6. The van der Waals surface area contributed by atoms with Crippen molar-refractivity contribution in [2.45, 2.75) is 58.8 Å². The third-order valence-electron chi connectivity index (χ3n) is 7.63. The average molecular weight is 547 g/mol. The first kappa shape index (κ1) is 29.0. The van der Waals surface area contributed by atoms with Gasteiger partial charge in [0.1, 0.15) is 17.4 Å². The Bertz CT molecular complexity index is 1380. The maximum Gasteiger partial charge on any atom is 0.343 e. The zero-order chi connectivity index (χ0) is 29.2. The molecular weight excluding hydrogens is 512 g/mol. The van der Waals surface area contributed by atoms with Crippen LogP contribution in [0, 0.1) is 11.8 Å². The van der Waals surface area contributed by atoms with Crippen LogP contribution in [0.5, 0.6) is 0 Å². The third-order valence-corrected chi connectivity index (χ3v) is 7.63. The molecule has 0 N–H and O–H groups in total. The second kappa shape index (κ2) is 11.6. The summed E-state index contributed by atoms with van der Waals surface area (Å²) in [7, 11) is 1.39. The molecule has 0 aromatic heterocycles. The first-order valence-electron chi connectivity index (χ1n) is 13.4. The summed E-state index contributed by atoms with van der Waals surface area (Å²) in [5, 5.41) is 0. The summed E-state index contributed by atoms with van der Waals surface area (Å²) in [5.74, 6) is -2.66. The molecule has 0 saturated carbocycles. The van der Waals surface area contributed by atoms with Gasteiger partial charge in [0.15, 0.2) is 17.5 Å². The van der Waals surface area contributed by atoms with Gasteiger partial charge in [-0.2, -0.15) is 0 Å². The van der Waals surface area contributed by atoms with E-state index in [-0.39, 0.29) is 11.1 Å². The molecule has 0 unspecified atom stereocenters. The lowest BCUT2D eigenvalue weighted by atomic mass is 9.75. The zero-order valence-electron chi connectivity index (χ0n) is 23.6. The average Bonchev–Trinajstić information content (AvgIpc) is 3.23. The van der Waals surface area contributed by atoms with Gasteiger partial charge in [-0.3, -0.25) is 9.59 Å². The molecule has 5 atom stereocenters. The van der Waals surface area contributed by atoms with Crippen LogP contribution in [0.2, 0.25) is 0 Å². The number of hydrogen-bond donors (Lipinski definition) is 0. The molecule has 2 heterocycles. The van der Waals surface area contributed by atoms with Crippen LogP contribution in [0.3, 0.4) is 0 Å². The Morgan fingerprint density at radius 1 is 1.07 bits per heavy atom. The van der Waals surface area contributed by atoms with Crippen LogP contribution < -0.4 is 0 Å². The van der Waals surface area contributed by atoms with E-state index in [9.17, 15) is 19.2 Å². The van der Waals surface area contributed by atoms with Crippen LogP contribution >= 0.6 is 0 Å². The lowest BCUT2D eigenvalue weighted by Crippen LogP contribution is -2.40. The Kier molecular flexibility index (Phi) is 8.40. The fourth-order valence-corrected chi connectivity index (χ4v) is 4.75. The van der Waals surface area contributed by atoms with E-state index >= 15 is 0 Å². The summed E-state index contributed by atoms with van der Waals surface area (Å²) in [6, 6.07) is 8.85. The summed E-state index contributed by atoms with van der Waals surface area (Å²) < 4.78 is 22.2. The number of carbonyl (C=O) groups is 4. The first-order chi connectivity index (χ1) is 19.0. The highest BCUT2D eigenvalue weighted by molar-refractivity contribution is 6.25. The summed E-state index contributed by atoms with van der Waals surface area (Å²) in [6.45, 7) is 8.76. The third kappa shape index (κ3) is 5.36. The largest absolute Gasteiger partial charge is 0.464 e. The lowest BCUT2D eigenvalue weighted by Gasteiger charge is -2.31. The van der Waals surface area contributed by atoms with Gasteiger partial charge in [-0.05, 0) is 49.1 Å². The maximum absolute atomic E-state index is 13.7. The van der Waals surface area contributed by atoms with Crippen LogP contribution in [0.1, 0.15) is 52.7 Å². The van der Waals surface area contributed by atoms with Crippen molar-refractivity contribution in [2.75, 3.05) is 7.11 Å².